The van der Waals surface area contributed by atoms with E-state index >= 15 is 0 Å². The van der Waals surface area contributed by atoms with Gasteiger partial charge in [-0.25, -0.2) is 0 Å². The van der Waals surface area contributed by atoms with E-state index in [1.165, 1.54) is 11.1 Å². The molecule has 1 heterocycles. The second-order valence-electron chi connectivity index (χ2n) is 5.46. The molecule has 0 saturated heterocycles. The average Bonchev–Trinajstić information content (AvgIpc) is 3.01. The molecular weight excluding hydrogens is 270 g/mol. The van der Waals surface area contributed by atoms with Crippen LogP contribution in [0.4, 0.5) is 0 Å². The minimum atomic E-state index is 0.0762. The van der Waals surface area contributed by atoms with E-state index in [0.717, 1.165) is 18.4 Å². The highest BCUT2D eigenvalue weighted by atomic mass is 35.5. The van der Waals surface area contributed by atoms with Gasteiger partial charge in [0, 0.05) is 6.54 Å². The molecule has 1 unspecified atom stereocenters. The molecule has 1 amide bonds. The predicted molar refractivity (Wildman–Crippen MR) is 78.8 cm³/mol. The normalized spacial score (nSPS) is 20.1. The molecule has 3 heteroatoms. The lowest BCUT2D eigenvalue weighted by atomic mass is 10.1. The summed E-state index contributed by atoms with van der Waals surface area (Å²) in [5.74, 6) is 0.0762. The SMILES string of the molecule is O=C1c2c(Cl)cccc2CN1C1CCc2ccccc21. The van der Waals surface area contributed by atoms with E-state index in [0.29, 0.717) is 17.1 Å². The van der Waals surface area contributed by atoms with Crippen LogP contribution in [-0.4, -0.2) is 10.8 Å². The number of hydrogen-bond acceptors (Lipinski definition) is 1. The van der Waals surface area contributed by atoms with Gasteiger partial charge in [-0.1, -0.05) is 48.0 Å². The second-order valence-corrected chi connectivity index (χ2v) is 5.87. The van der Waals surface area contributed by atoms with Gasteiger partial charge in [0.2, 0.25) is 0 Å². The predicted octanol–water partition coefficient (Wildman–Crippen LogP) is 3.98. The molecule has 0 N–H and O–H groups in total. The van der Waals surface area contributed by atoms with Crippen molar-refractivity contribution in [2.24, 2.45) is 0 Å². The highest BCUT2D eigenvalue weighted by Gasteiger charge is 2.37. The van der Waals surface area contributed by atoms with Crippen molar-refractivity contribution in [3.8, 4) is 0 Å². The van der Waals surface area contributed by atoms with Crippen LogP contribution in [0.1, 0.15) is 39.5 Å². The molecule has 2 aliphatic rings. The molecule has 0 radical (unpaired) electrons. The Balaban J connectivity index is 1.74. The topological polar surface area (TPSA) is 20.3 Å². The molecule has 1 aliphatic carbocycles. The first-order valence-electron chi connectivity index (χ1n) is 6.92. The summed E-state index contributed by atoms with van der Waals surface area (Å²) in [4.78, 5) is 14.6. The summed E-state index contributed by atoms with van der Waals surface area (Å²) in [6, 6.07) is 14.3. The van der Waals surface area contributed by atoms with Gasteiger partial charge in [-0.2, -0.15) is 0 Å². The molecule has 0 fully saturated rings. The minimum absolute atomic E-state index is 0.0762. The van der Waals surface area contributed by atoms with Crippen molar-refractivity contribution < 1.29 is 4.79 Å². The zero-order chi connectivity index (χ0) is 13.7. The molecule has 0 aromatic heterocycles. The van der Waals surface area contributed by atoms with Gasteiger partial charge in [0.15, 0.2) is 0 Å². The molecule has 1 atom stereocenters. The quantitative estimate of drug-likeness (QED) is 0.775. The van der Waals surface area contributed by atoms with Crippen molar-refractivity contribution in [1.82, 2.24) is 4.90 Å². The zero-order valence-electron chi connectivity index (χ0n) is 11.0. The number of carbonyl (C=O) groups excluding carboxylic acids is 1. The number of carbonyl (C=O) groups is 1. The van der Waals surface area contributed by atoms with Gasteiger partial charge in [-0.15, -0.1) is 0 Å². The van der Waals surface area contributed by atoms with Crippen molar-refractivity contribution in [2.75, 3.05) is 0 Å². The Bertz CT molecular complexity index is 710. The van der Waals surface area contributed by atoms with E-state index in [1.54, 1.807) is 6.07 Å². The second kappa shape index (κ2) is 4.35. The maximum absolute atomic E-state index is 12.7. The third-order valence-electron chi connectivity index (χ3n) is 4.39. The van der Waals surface area contributed by atoms with Crippen LogP contribution in [0.5, 0.6) is 0 Å². The van der Waals surface area contributed by atoms with Crippen LogP contribution < -0.4 is 0 Å². The smallest absolute Gasteiger partial charge is 0.256 e. The number of amides is 1. The fourth-order valence-electron chi connectivity index (χ4n) is 3.45. The van der Waals surface area contributed by atoms with E-state index in [2.05, 4.69) is 24.3 Å². The number of nitrogens with zero attached hydrogens (tertiary/aromatic N) is 1. The Morgan fingerprint density at radius 1 is 1.05 bits per heavy atom. The van der Waals surface area contributed by atoms with Gasteiger partial charge in [0.05, 0.1) is 16.6 Å². The first-order chi connectivity index (χ1) is 9.75. The number of benzene rings is 2. The Labute approximate surface area is 123 Å². The molecule has 2 aromatic carbocycles. The average molecular weight is 284 g/mol. The Kier molecular flexibility index (Phi) is 2.61. The number of aryl methyl sites for hydroxylation is 1. The molecule has 0 bridgehead atoms. The van der Waals surface area contributed by atoms with Gasteiger partial charge >= 0.3 is 0 Å². The van der Waals surface area contributed by atoms with Gasteiger partial charge in [0.25, 0.3) is 5.91 Å². The van der Waals surface area contributed by atoms with Crippen molar-refractivity contribution in [3.63, 3.8) is 0 Å². The summed E-state index contributed by atoms with van der Waals surface area (Å²) in [5, 5.41) is 0.571. The Morgan fingerprint density at radius 3 is 2.70 bits per heavy atom. The van der Waals surface area contributed by atoms with E-state index in [4.69, 9.17) is 11.6 Å². The summed E-state index contributed by atoms with van der Waals surface area (Å²) < 4.78 is 0. The van der Waals surface area contributed by atoms with E-state index in [1.807, 2.05) is 17.0 Å². The Hall–Kier alpha value is -1.80. The summed E-state index contributed by atoms with van der Waals surface area (Å²) in [6.45, 7) is 0.674. The summed E-state index contributed by atoms with van der Waals surface area (Å²) in [5.41, 5.74) is 4.41. The largest absolute Gasteiger partial charge is 0.327 e. The third kappa shape index (κ3) is 1.61. The summed E-state index contributed by atoms with van der Waals surface area (Å²) in [6.07, 6.45) is 2.06. The van der Waals surface area contributed by atoms with Gasteiger partial charge in [-0.05, 0) is 35.6 Å². The van der Waals surface area contributed by atoms with Crippen LogP contribution in [0.15, 0.2) is 42.5 Å². The molecule has 2 aromatic rings. The van der Waals surface area contributed by atoms with Crippen molar-refractivity contribution in [2.45, 2.75) is 25.4 Å². The zero-order valence-corrected chi connectivity index (χ0v) is 11.7. The third-order valence-corrected chi connectivity index (χ3v) is 4.71. The van der Waals surface area contributed by atoms with Crippen molar-refractivity contribution in [3.05, 3.63) is 69.7 Å². The molecule has 0 spiro atoms. The lowest BCUT2D eigenvalue weighted by Gasteiger charge is -2.24. The lowest BCUT2D eigenvalue weighted by Crippen LogP contribution is -2.27. The van der Waals surface area contributed by atoms with Crippen molar-refractivity contribution in [1.29, 1.82) is 0 Å². The number of halogens is 1. The van der Waals surface area contributed by atoms with E-state index in [9.17, 15) is 4.79 Å². The maximum Gasteiger partial charge on any atom is 0.256 e. The highest BCUT2D eigenvalue weighted by molar-refractivity contribution is 6.34. The first kappa shape index (κ1) is 12.0. The van der Waals surface area contributed by atoms with Gasteiger partial charge in [-0.3, -0.25) is 4.79 Å². The molecule has 100 valence electrons. The molecule has 4 rings (SSSR count). The fraction of sp³-hybridized carbons (Fsp3) is 0.235. The monoisotopic (exact) mass is 283 g/mol. The van der Waals surface area contributed by atoms with Gasteiger partial charge in [0.1, 0.15) is 0 Å². The van der Waals surface area contributed by atoms with E-state index in [-0.39, 0.29) is 11.9 Å². The molecule has 2 nitrogen and oxygen atoms in total. The number of rotatable bonds is 1. The van der Waals surface area contributed by atoms with Crippen molar-refractivity contribution >= 4 is 17.5 Å². The van der Waals surface area contributed by atoms with Crippen LogP contribution >= 0.6 is 11.6 Å². The molecular formula is C17H14ClNO. The van der Waals surface area contributed by atoms with Crippen LogP contribution in [-0.2, 0) is 13.0 Å². The van der Waals surface area contributed by atoms with Crippen LogP contribution in [0, 0.1) is 0 Å². The van der Waals surface area contributed by atoms with Gasteiger partial charge < -0.3 is 4.90 Å². The Morgan fingerprint density at radius 2 is 1.85 bits per heavy atom. The minimum Gasteiger partial charge on any atom is -0.327 e. The van der Waals surface area contributed by atoms with Crippen LogP contribution in [0.3, 0.4) is 0 Å². The molecule has 0 saturated carbocycles. The first-order valence-corrected chi connectivity index (χ1v) is 7.29. The summed E-state index contributed by atoms with van der Waals surface area (Å²) >= 11 is 6.19. The molecule has 20 heavy (non-hydrogen) atoms. The standard InChI is InChI=1S/C17H14ClNO/c18-14-7-3-5-12-10-19(17(20)16(12)14)15-9-8-11-4-1-2-6-13(11)15/h1-7,15H,8-10H2. The number of hydrogen-bond donors (Lipinski definition) is 0. The summed E-state index contributed by atoms with van der Waals surface area (Å²) in [7, 11) is 0. The van der Waals surface area contributed by atoms with E-state index < -0.39 is 0 Å². The highest BCUT2D eigenvalue weighted by Crippen LogP contribution is 2.41. The lowest BCUT2D eigenvalue weighted by molar-refractivity contribution is 0.0701. The maximum atomic E-state index is 12.7. The molecule has 1 aliphatic heterocycles. The fourth-order valence-corrected chi connectivity index (χ4v) is 3.72. The van der Waals surface area contributed by atoms with Crippen LogP contribution in [0.2, 0.25) is 5.02 Å². The number of fused-ring (bicyclic) bond motifs is 2. The van der Waals surface area contributed by atoms with Crippen LogP contribution in [0.25, 0.3) is 0 Å².